The van der Waals surface area contributed by atoms with E-state index in [-0.39, 0.29) is 6.04 Å². The number of fused-ring (bicyclic) bond motifs is 1. The van der Waals surface area contributed by atoms with E-state index < -0.39 is 12.7 Å². The highest BCUT2D eigenvalue weighted by Crippen LogP contribution is 2.24. The van der Waals surface area contributed by atoms with E-state index in [1.54, 1.807) is 0 Å². The van der Waals surface area contributed by atoms with Gasteiger partial charge in [0.05, 0.1) is 6.54 Å². The molecule has 1 atom stereocenters. The van der Waals surface area contributed by atoms with E-state index in [1.807, 2.05) is 12.1 Å². The number of hydrogen-bond donors (Lipinski definition) is 1. The summed E-state index contributed by atoms with van der Waals surface area (Å²) in [5.74, 6) is 0. The maximum atomic E-state index is 12.4. The van der Waals surface area contributed by atoms with Crippen molar-refractivity contribution >= 4 is 0 Å². The average molecular weight is 284 g/mol. The fraction of sp³-hybridized carbons (Fsp3) is 0.600. The summed E-state index contributed by atoms with van der Waals surface area (Å²) in [5.41, 5.74) is 2.74. The first kappa shape index (κ1) is 13.9. The van der Waals surface area contributed by atoms with Gasteiger partial charge in [0.2, 0.25) is 0 Å². The standard InChI is InChI=1S/C15H19F3N2/c16-15(17,18)10-20-6-5-13(9-20)19-14-7-11-3-1-2-4-12(11)8-14/h1-4,13-14,19H,5-10H2. The van der Waals surface area contributed by atoms with E-state index in [1.165, 1.54) is 16.0 Å². The zero-order valence-corrected chi connectivity index (χ0v) is 11.3. The monoisotopic (exact) mass is 284 g/mol. The molecular weight excluding hydrogens is 265 g/mol. The van der Waals surface area contributed by atoms with Gasteiger partial charge in [-0.3, -0.25) is 4.90 Å². The van der Waals surface area contributed by atoms with Crippen LogP contribution >= 0.6 is 0 Å². The third kappa shape index (κ3) is 3.33. The highest BCUT2D eigenvalue weighted by Gasteiger charge is 2.35. The molecule has 1 saturated heterocycles. The van der Waals surface area contributed by atoms with Crippen molar-refractivity contribution in [2.75, 3.05) is 19.6 Å². The molecule has 1 unspecified atom stereocenters. The molecule has 2 nitrogen and oxygen atoms in total. The predicted molar refractivity (Wildman–Crippen MR) is 71.7 cm³/mol. The number of nitrogens with one attached hydrogen (secondary N) is 1. The second-order valence-corrected chi connectivity index (χ2v) is 5.88. The van der Waals surface area contributed by atoms with Gasteiger partial charge >= 0.3 is 6.18 Å². The maximum absolute atomic E-state index is 12.4. The minimum Gasteiger partial charge on any atom is -0.309 e. The second kappa shape index (κ2) is 5.37. The number of nitrogens with zero attached hydrogens (tertiary/aromatic N) is 1. The van der Waals surface area contributed by atoms with Gasteiger partial charge in [-0.25, -0.2) is 0 Å². The quantitative estimate of drug-likeness (QED) is 0.917. The Balaban J connectivity index is 1.49. The molecule has 0 bridgehead atoms. The van der Waals surface area contributed by atoms with Crippen molar-refractivity contribution in [2.45, 2.75) is 37.5 Å². The van der Waals surface area contributed by atoms with Crippen LogP contribution in [0.25, 0.3) is 0 Å². The maximum Gasteiger partial charge on any atom is 0.401 e. The Hall–Kier alpha value is -1.07. The third-order valence-corrected chi connectivity index (χ3v) is 4.20. The Kier molecular flexibility index (Phi) is 3.73. The largest absolute Gasteiger partial charge is 0.401 e. The zero-order valence-electron chi connectivity index (χ0n) is 11.3. The van der Waals surface area contributed by atoms with E-state index in [9.17, 15) is 13.2 Å². The number of halogens is 3. The van der Waals surface area contributed by atoms with Crippen LogP contribution in [0.4, 0.5) is 13.2 Å². The van der Waals surface area contributed by atoms with Crippen molar-refractivity contribution < 1.29 is 13.2 Å². The minimum atomic E-state index is -4.08. The molecule has 1 heterocycles. The van der Waals surface area contributed by atoms with Gasteiger partial charge < -0.3 is 5.32 Å². The number of likely N-dealkylation sites (tertiary alicyclic amines) is 1. The first-order chi connectivity index (χ1) is 9.49. The molecule has 1 N–H and O–H groups in total. The van der Waals surface area contributed by atoms with Gasteiger partial charge in [0, 0.05) is 25.2 Å². The Morgan fingerprint density at radius 1 is 1.10 bits per heavy atom. The summed E-state index contributed by atoms with van der Waals surface area (Å²) in [6.45, 7) is 0.263. The van der Waals surface area contributed by atoms with Gasteiger partial charge in [-0.15, -0.1) is 0 Å². The summed E-state index contributed by atoms with van der Waals surface area (Å²) in [7, 11) is 0. The van der Waals surface area contributed by atoms with Crippen LogP contribution in [0.1, 0.15) is 17.5 Å². The lowest BCUT2D eigenvalue weighted by molar-refractivity contribution is -0.143. The smallest absolute Gasteiger partial charge is 0.309 e. The van der Waals surface area contributed by atoms with Gasteiger partial charge in [0.1, 0.15) is 0 Å². The van der Waals surface area contributed by atoms with Crippen molar-refractivity contribution in [3.8, 4) is 0 Å². The summed E-state index contributed by atoms with van der Waals surface area (Å²) in [4.78, 5) is 1.50. The lowest BCUT2D eigenvalue weighted by atomic mass is 10.1. The molecule has 0 aromatic heterocycles. The van der Waals surface area contributed by atoms with Crippen molar-refractivity contribution in [1.82, 2.24) is 10.2 Å². The summed E-state index contributed by atoms with van der Waals surface area (Å²) in [6.07, 6.45) is -1.29. The second-order valence-electron chi connectivity index (χ2n) is 5.88. The number of rotatable bonds is 3. The van der Waals surface area contributed by atoms with Crippen LogP contribution in [-0.4, -0.2) is 42.8 Å². The van der Waals surface area contributed by atoms with Gasteiger partial charge in [-0.2, -0.15) is 13.2 Å². The first-order valence-electron chi connectivity index (χ1n) is 7.11. The Morgan fingerprint density at radius 3 is 2.35 bits per heavy atom. The fourth-order valence-electron chi connectivity index (χ4n) is 3.38. The number of benzene rings is 1. The lowest BCUT2D eigenvalue weighted by Crippen LogP contribution is -2.41. The molecule has 5 heteroatoms. The Labute approximate surface area is 117 Å². The molecule has 0 saturated carbocycles. The number of alkyl halides is 3. The molecule has 2 aliphatic rings. The molecule has 1 aromatic rings. The molecular formula is C15H19F3N2. The molecule has 110 valence electrons. The van der Waals surface area contributed by atoms with Crippen LogP contribution in [0.2, 0.25) is 0 Å². The van der Waals surface area contributed by atoms with Crippen LogP contribution in [0.15, 0.2) is 24.3 Å². The van der Waals surface area contributed by atoms with Crippen molar-refractivity contribution in [3.63, 3.8) is 0 Å². The average Bonchev–Trinajstić information content (AvgIpc) is 2.93. The molecule has 0 radical (unpaired) electrons. The molecule has 3 rings (SSSR count). The molecule has 20 heavy (non-hydrogen) atoms. The van der Waals surface area contributed by atoms with E-state index in [0.29, 0.717) is 19.1 Å². The molecule has 1 aliphatic carbocycles. The van der Waals surface area contributed by atoms with E-state index in [4.69, 9.17) is 0 Å². The van der Waals surface area contributed by atoms with E-state index in [2.05, 4.69) is 17.4 Å². The van der Waals surface area contributed by atoms with Crippen LogP contribution in [0.5, 0.6) is 0 Å². The SMILES string of the molecule is FC(F)(F)CN1CCC(NC2Cc3ccccc3C2)C1. The normalized spacial score (nSPS) is 24.2. The molecule has 0 amide bonds. The van der Waals surface area contributed by atoms with E-state index >= 15 is 0 Å². The summed E-state index contributed by atoms with van der Waals surface area (Å²) in [6, 6.07) is 8.94. The Bertz CT molecular complexity index is 447. The van der Waals surface area contributed by atoms with Crippen LogP contribution in [0.3, 0.4) is 0 Å². The molecule has 1 aliphatic heterocycles. The van der Waals surface area contributed by atoms with Crippen LogP contribution in [-0.2, 0) is 12.8 Å². The topological polar surface area (TPSA) is 15.3 Å². The molecule has 0 spiro atoms. The first-order valence-corrected chi connectivity index (χ1v) is 7.11. The predicted octanol–water partition coefficient (Wildman–Crippen LogP) is 2.38. The van der Waals surface area contributed by atoms with Crippen molar-refractivity contribution in [1.29, 1.82) is 0 Å². The molecule has 1 fully saturated rings. The molecule has 1 aromatic carbocycles. The van der Waals surface area contributed by atoms with Gasteiger partial charge in [-0.1, -0.05) is 24.3 Å². The van der Waals surface area contributed by atoms with Crippen LogP contribution in [0, 0.1) is 0 Å². The summed E-state index contributed by atoms with van der Waals surface area (Å²) in [5, 5.41) is 3.53. The van der Waals surface area contributed by atoms with Crippen molar-refractivity contribution in [3.05, 3.63) is 35.4 Å². The zero-order chi connectivity index (χ0) is 14.2. The third-order valence-electron chi connectivity index (χ3n) is 4.20. The summed E-state index contributed by atoms with van der Waals surface area (Å²) < 4.78 is 37.1. The van der Waals surface area contributed by atoms with Crippen molar-refractivity contribution in [2.24, 2.45) is 0 Å². The lowest BCUT2D eigenvalue weighted by Gasteiger charge is -2.20. The van der Waals surface area contributed by atoms with Crippen LogP contribution < -0.4 is 5.32 Å². The highest BCUT2D eigenvalue weighted by atomic mass is 19.4. The van der Waals surface area contributed by atoms with Gasteiger partial charge in [-0.05, 0) is 30.4 Å². The van der Waals surface area contributed by atoms with Gasteiger partial charge in [0.15, 0.2) is 0 Å². The van der Waals surface area contributed by atoms with E-state index in [0.717, 1.165) is 19.3 Å². The number of hydrogen-bond acceptors (Lipinski definition) is 2. The minimum absolute atomic E-state index is 0.191. The summed E-state index contributed by atoms with van der Waals surface area (Å²) >= 11 is 0. The highest BCUT2D eigenvalue weighted by molar-refractivity contribution is 5.33. The van der Waals surface area contributed by atoms with Gasteiger partial charge in [0.25, 0.3) is 0 Å². The Morgan fingerprint density at radius 2 is 1.75 bits per heavy atom. The fourth-order valence-corrected chi connectivity index (χ4v) is 3.38.